The lowest BCUT2D eigenvalue weighted by molar-refractivity contribution is -0.136. The van der Waals surface area contributed by atoms with Gasteiger partial charge >= 0.3 is 0 Å². The van der Waals surface area contributed by atoms with Gasteiger partial charge in [-0.05, 0) is 43.0 Å². The monoisotopic (exact) mass is 382 g/mol. The fourth-order valence-corrected chi connectivity index (χ4v) is 4.54. The predicted octanol–water partition coefficient (Wildman–Crippen LogP) is 3.09. The van der Waals surface area contributed by atoms with Gasteiger partial charge < -0.3 is 10.5 Å². The number of halogens is 1. The number of carbonyl (C=O) groups excluding carboxylic acids is 1. The molecular weight excluding hydrogens is 364 g/mol. The number of nitrogens with zero attached hydrogens (tertiary/aromatic N) is 3. The first-order chi connectivity index (χ1) is 12.9. The molecule has 5 rings (SSSR count). The topological polar surface area (TPSA) is 80.8 Å². The van der Waals surface area contributed by atoms with Crippen LogP contribution in [0.1, 0.15) is 31.2 Å². The fourth-order valence-electron chi connectivity index (χ4n) is 4.36. The number of hydrogen-bond donors (Lipinski definition) is 1. The molecule has 1 unspecified atom stereocenters. The molecule has 3 heterocycles. The lowest BCUT2D eigenvalue weighted by Gasteiger charge is -2.49. The second-order valence-corrected chi connectivity index (χ2v) is 8.05. The molecule has 0 radical (unpaired) electrons. The first kappa shape index (κ1) is 16.6. The van der Waals surface area contributed by atoms with Crippen LogP contribution in [0.25, 0.3) is 11.1 Å². The van der Waals surface area contributed by atoms with Crippen molar-refractivity contribution in [2.45, 2.75) is 36.8 Å². The second-order valence-electron chi connectivity index (χ2n) is 7.61. The third kappa shape index (κ3) is 2.29. The molecule has 1 aromatic carbocycles. The minimum Gasteiger partial charge on any atom is -0.487 e. The zero-order valence-corrected chi connectivity index (χ0v) is 15.7. The number of ether oxygens (including phenoxy) is 1. The van der Waals surface area contributed by atoms with Crippen molar-refractivity contribution in [3.63, 3.8) is 0 Å². The van der Waals surface area contributed by atoms with Crippen molar-refractivity contribution < 1.29 is 9.53 Å². The summed E-state index contributed by atoms with van der Waals surface area (Å²) in [6.45, 7) is 0. The van der Waals surface area contributed by atoms with Crippen LogP contribution in [0.15, 0.2) is 41.7 Å². The molecule has 2 N–H and O–H groups in total. The molecule has 0 saturated heterocycles. The average molecular weight is 383 g/mol. The Balaban J connectivity index is 1.70. The van der Waals surface area contributed by atoms with E-state index in [2.05, 4.69) is 9.98 Å². The number of amides is 1. The normalized spacial score (nSPS) is 25.2. The van der Waals surface area contributed by atoms with Crippen LogP contribution in [0.4, 0.5) is 0 Å². The number of nitrogens with two attached hydrogens (primary N) is 1. The van der Waals surface area contributed by atoms with E-state index in [9.17, 15) is 4.79 Å². The number of aliphatic imine (C=N–C) groups is 1. The zero-order valence-electron chi connectivity index (χ0n) is 14.9. The maximum atomic E-state index is 13.2. The first-order valence-electron chi connectivity index (χ1n) is 9.01. The number of guanidine groups is 1. The van der Waals surface area contributed by atoms with Crippen LogP contribution in [0.3, 0.4) is 0 Å². The number of benzene rings is 1. The minimum absolute atomic E-state index is 0.0998. The van der Waals surface area contributed by atoms with E-state index < -0.39 is 5.54 Å². The molecule has 138 valence electrons. The Labute approximate surface area is 162 Å². The van der Waals surface area contributed by atoms with Gasteiger partial charge in [0, 0.05) is 37.0 Å². The van der Waals surface area contributed by atoms with Crippen LogP contribution in [0, 0.1) is 0 Å². The Bertz CT molecular complexity index is 1000. The van der Waals surface area contributed by atoms with E-state index >= 15 is 0 Å². The maximum Gasteiger partial charge on any atom is 0.261 e. The van der Waals surface area contributed by atoms with E-state index in [0.717, 1.165) is 36.0 Å². The molecule has 7 heteroatoms. The molecule has 6 nitrogen and oxygen atoms in total. The fraction of sp³-hybridized carbons (Fsp3) is 0.350. The van der Waals surface area contributed by atoms with Crippen molar-refractivity contribution in [2.75, 3.05) is 7.05 Å². The molecule has 1 aromatic heterocycles. The van der Waals surface area contributed by atoms with Gasteiger partial charge in [-0.1, -0.05) is 17.7 Å². The van der Waals surface area contributed by atoms with Crippen LogP contribution >= 0.6 is 11.6 Å². The van der Waals surface area contributed by atoms with Gasteiger partial charge in [0.2, 0.25) is 0 Å². The quantitative estimate of drug-likeness (QED) is 0.821. The summed E-state index contributed by atoms with van der Waals surface area (Å²) in [5.41, 5.74) is 7.24. The van der Waals surface area contributed by atoms with E-state index in [-0.39, 0.29) is 17.5 Å². The van der Waals surface area contributed by atoms with E-state index in [1.807, 2.05) is 24.3 Å². The van der Waals surface area contributed by atoms with E-state index in [1.54, 1.807) is 19.4 Å². The summed E-state index contributed by atoms with van der Waals surface area (Å²) >= 11 is 6.10. The summed E-state index contributed by atoms with van der Waals surface area (Å²) < 4.78 is 6.35. The highest BCUT2D eigenvalue weighted by Crippen LogP contribution is 2.55. The molecule has 3 aliphatic rings. The van der Waals surface area contributed by atoms with Crippen LogP contribution in [-0.4, -0.2) is 34.4 Å². The number of pyridine rings is 1. The van der Waals surface area contributed by atoms with E-state index in [0.29, 0.717) is 17.2 Å². The van der Waals surface area contributed by atoms with E-state index in [1.165, 1.54) is 4.90 Å². The van der Waals surface area contributed by atoms with E-state index in [4.69, 9.17) is 22.1 Å². The van der Waals surface area contributed by atoms with Crippen LogP contribution < -0.4 is 10.5 Å². The highest BCUT2D eigenvalue weighted by atomic mass is 35.5. The van der Waals surface area contributed by atoms with Crippen LogP contribution in [0.2, 0.25) is 5.02 Å². The number of likely N-dealkylation sites (N-methyl/N-ethyl adjacent to an activating group) is 1. The Hall–Kier alpha value is -2.60. The van der Waals surface area contributed by atoms with Gasteiger partial charge in [0.1, 0.15) is 11.4 Å². The Morgan fingerprint density at radius 1 is 1.22 bits per heavy atom. The molecule has 1 atom stereocenters. The molecule has 0 bridgehead atoms. The summed E-state index contributed by atoms with van der Waals surface area (Å²) in [7, 11) is 1.67. The molecule has 27 heavy (non-hydrogen) atoms. The van der Waals surface area contributed by atoms with Gasteiger partial charge in [-0.25, -0.2) is 4.99 Å². The van der Waals surface area contributed by atoms with Crippen LogP contribution in [-0.2, 0) is 10.3 Å². The van der Waals surface area contributed by atoms with Crippen molar-refractivity contribution in [1.82, 2.24) is 9.88 Å². The van der Waals surface area contributed by atoms with Crippen molar-refractivity contribution >= 4 is 23.5 Å². The Morgan fingerprint density at radius 3 is 2.67 bits per heavy atom. The summed E-state index contributed by atoms with van der Waals surface area (Å²) in [4.78, 5) is 23.5. The zero-order chi connectivity index (χ0) is 18.8. The number of hydrogen-bond acceptors (Lipinski definition) is 5. The third-order valence-electron chi connectivity index (χ3n) is 5.94. The average Bonchev–Trinajstić information content (AvgIpc) is 2.84. The van der Waals surface area contributed by atoms with Crippen LogP contribution in [0.5, 0.6) is 5.75 Å². The van der Waals surface area contributed by atoms with Gasteiger partial charge in [0.15, 0.2) is 11.5 Å². The number of rotatable bonds is 1. The van der Waals surface area contributed by atoms with Crippen molar-refractivity contribution in [1.29, 1.82) is 0 Å². The van der Waals surface area contributed by atoms with Gasteiger partial charge in [-0.15, -0.1) is 0 Å². The van der Waals surface area contributed by atoms with Crippen molar-refractivity contribution in [3.05, 3.63) is 47.2 Å². The molecule has 1 aliphatic carbocycles. The van der Waals surface area contributed by atoms with Crippen molar-refractivity contribution in [3.8, 4) is 16.9 Å². The predicted molar refractivity (Wildman–Crippen MR) is 103 cm³/mol. The molecule has 1 fully saturated rings. The van der Waals surface area contributed by atoms with Gasteiger partial charge in [0.25, 0.3) is 5.91 Å². The SMILES string of the molecule is CN1C(=O)C2(CC3(CCC3)Oc3ccc(-c4cncc(Cl)c4)cc32)N=C1N. The summed E-state index contributed by atoms with van der Waals surface area (Å²) in [6, 6.07) is 7.69. The Morgan fingerprint density at radius 2 is 2.04 bits per heavy atom. The summed E-state index contributed by atoms with van der Waals surface area (Å²) in [5, 5.41) is 0.559. The highest BCUT2D eigenvalue weighted by molar-refractivity contribution is 6.30. The molecular formula is C20H19ClN4O2. The largest absolute Gasteiger partial charge is 0.487 e. The van der Waals surface area contributed by atoms with Gasteiger partial charge in [-0.3, -0.25) is 14.7 Å². The lowest BCUT2D eigenvalue weighted by atomic mass is 9.67. The molecule has 1 saturated carbocycles. The maximum absolute atomic E-state index is 13.2. The standard InChI is InChI=1S/C20H19ClN4O2/c1-25-17(26)20(24-18(25)22)11-19(5-2-6-19)27-16-4-3-12(8-15(16)20)13-7-14(21)10-23-9-13/h3-4,7-10H,2,5-6,11H2,1H3,(H2,22,24). The molecule has 1 amide bonds. The number of aromatic nitrogens is 1. The minimum atomic E-state index is -1.02. The number of carbonyl (C=O) groups is 1. The van der Waals surface area contributed by atoms with Crippen molar-refractivity contribution in [2.24, 2.45) is 10.7 Å². The molecule has 2 aliphatic heterocycles. The highest BCUT2D eigenvalue weighted by Gasteiger charge is 2.59. The lowest BCUT2D eigenvalue weighted by Crippen LogP contribution is -2.54. The number of fused-ring (bicyclic) bond motifs is 2. The smallest absolute Gasteiger partial charge is 0.261 e. The second kappa shape index (κ2) is 5.45. The first-order valence-corrected chi connectivity index (χ1v) is 9.38. The van der Waals surface area contributed by atoms with Gasteiger partial charge in [0.05, 0.1) is 5.02 Å². The third-order valence-corrected chi connectivity index (χ3v) is 6.15. The molecule has 2 spiro atoms. The summed E-state index contributed by atoms with van der Waals surface area (Å²) in [6.07, 6.45) is 6.82. The Kier molecular flexibility index (Phi) is 3.35. The van der Waals surface area contributed by atoms with Gasteiger partial charge in [-0.2, -0.15) is 0 Å². The summed E-state index contributed by atoms with van der Waals surface area (Å²) in [5.74, 6) is 0.856. The molecule has 2 aromatic rings.